The maximum absolute atomic E-state index is 10.1. The quantitative estimate of drug-likeness (QED) is 0.328. The molecule has 0 saturated heterocycles. The van der Waals surface area contributed by atoms with Gasteiger partial charge >= 0.3 is 0 Å². The highest BCUT2D eigenvalue weighted by Gasteiger charge is 1.82. The molecule has 0 aliphatic heterocycles. The third-order valence-corrected chi connectivity index (χ3v) is 2.17. The van der Waals surface area contributed by atoms with Gasteiger partial charge in [0.05, 0.1) is 0 Å². The van der Waals surface area contributed by atoms with Crippen molar-refractivity contribution in [3.63, 3.8) is 0 Å². The van der Waals surface area contributed by atoms with Crippen molar-refractivity contribution >= 4 is 9.76 Å². The van der Waals surface area contributed by atoms with E-state index in [0.29, 0.717) is 0 Å². The van der Waals surface area contributed by atoms with Gasteiger partial charge < -0.3 is 4.80 Å². The Morgan fingerprint density at radius 2 is 2.00 bits per heavy atom. The van der Waals surface area contributed by atoms with E-state index in [1.54, 1.807) is 5.70 Å². The topological polar surface area (TPSA) is 19.9 Å². The van der Waals surface area contributed by atoms with Crippen molar-refractivity contribution in [3.8, 4) is 0 Å². The summed E-state index contributed by atoms with van der Waals surface area (Å²) < 4.78 is 0. The van der Waals surface area contributed by atoms with E-state index >= 15 is 0 Å². The molecule has 1 radical (unpaired) electrons. The summed E-state index contributed by atoms with van der Waals surface area (Å²) in [7, 11) is -1.12. The maximum Gasteiger partial charge on any atom is 0.230 e. The summed E-state index contributed by atoms with van der Waals surface area (Å²) in [6.45, 7) is 2.22. The molecule has 0 spiro atoms. The first kappa shape index (κ1) is 11.7. The van der Waals surface area contributed by atoms with Gasteiger partial charge in [-0.2, -0.15) is 0 Å². The molecule has 0 amide bonds. The Morgan fingerprint density at radius 3 is 2.67 bits per heavy atom. The number of hydrogen-bond acceptors (Lipinski definition) is 0. The molecule has 0 aliphatic rings. The number of rotatable bonds is 7. The van der Waals surface area contributed by atoms with Gasteiger partial charge in [-0.05, 0) is 12.8 Å². The lowest BCUT2D eigenvalue weighted by Crippen LogP contribution is -1.74. The summed E-state index contributed by atoms with van der Waals surface area (Å²) in [4.78, 5) is 10.1. The fraction of sp³-hybridized carbons (Fsp3) is 0.600. The molecule has 0 unspecified atom stereocenters. The Hall–Kier alpha value is -0.343. The highest BCUT2D eigenvalue weighted by Crippen LogP contribution is 2.02. The Balaban J connectivity index is 3.07. The van der Waals surface area contributed by atoms with Crippen LogP contribution in [-0.2, 0) is 4.80 Å². The van der Waals surface area contributed by atoms with Crippen LogP contribution in [0.2, 0.25) is 0 Å². The van der Waals surface area contributed by atoms with Crippen LogP contribution >= 0.6 is 0 Å². The molecule has 0 atom stereocenters. The highest BCUT2D eigenvalue weighted by atomic mass is 28.2. The van der Waals surface area contributed by atoms with Crippen molar-refractivity contribution in [3.05, 3.63) is 23.9 Å². The van der Waals surface area contributed by atoms with E-state index in [1.165, 1.54) is 25.7 Å². The SMILES string of the molecule is CCCCCCC=CC=C[SiH2][O]. The molecule has 12 heavy (non-hydrogen) atoms. The maximum atomic E-state index is 10.1. The molecule has 0 aromatic carbocycles. The van der Waals surface area contributed by atoms with Gasteiger partial charge in [-0.15, -0.1) is 0 Å². The monoisotopic (exact) mass is 183 g/mol. The predicted molar refractivity (Wildman–Crippen MR) is 56.3 cm³/mol. The van der Waals surface area contributed by atoms with Crippen molar-refractivity contribution in [2.75, 3.05) is 0 Å². The zero-order valence-corrected chi connectivity index (χ0v) is 9.37. The third-order valence-electron chi connectivity index (χ3n) is 1.70. The van der Waals surface area contributed by atoms with Crippen molar-refractivity contribution in [1.82, 2.24) is 0 Å². The molecule has 0 heterocycles. The minimum Gasteiger partial charge on any atom is -0.301 e. The molecule has 0 aromatic rings. The summed E-state index contributed by atoms with van der Waals surface area (Å²) in [5, 5.41) is 0. The van der Waals surface area contributed by atoms with Crippen molar-refractivity contribution < 1.29 is 4.80 Å². The lowest BCUT2D eigenvalue weighted by atomic mass is 10.1. The zero-order valence-electron chi connectivity index (χ0n) is 7.96. The molecular weight excluding hydrogens is 164 g/mol. The van der Waals surface area contributed by atoms with E-state index < -0.39 is 9.76 Å². The van der Waals surface area contributed by atoms with Gasteiger partial charge in [0.2, 0.25) is 9.76 Å². The van der Waals surface area contributed by atoms with Crippen LogP contribution < -0.4 is 0 Å². The van der Waals surface area contributed by atoms with Crippen molar-refractivity contribution in [2.45, 2.75) is 39.0 Å². The lowest BCUT2D eigenvalue weighted by Gasteiger charge is -1.92. The fourth-order valence-corrected chi connectivity index (χ4v) is 1.27. The molecule has 0 saturated carbocycles. The number of allylic oxidation sites excluding steroid dienone is 3. The average molecular weight is 183 g/mol. The van der Waals surface area contributed by atoms with Crippen LogP contribution in [0, 0.1) is 0 Å². The summed E-state index contributed by atoms with van der Waals surface area (Å²) >= 11 is 0. The summed E-state index contributed by atoms with van der Waals surface area (Å²) in [5.74, 6) is 0. The molecule has 0 aromatic heterocycles. The molecule has 2 heteroatoms. The first-order chi connectivity index (χ1) is 5.91. The molecule has 0 aliphatic carbocycles. The lowest BCUT2D eigenvalue weighted by molar-refractivity contribution is 0.483. The van der Waals surface area contributed by atoms with Crippen LogP contribution in [0.3, 0.4) is 0 Å². The van der Waals surface area contributed by atoms with E-state index in [1.807, 2.05) is 12.2 Å². The van der Waals surface area contributed by atoms with E-state index in [-0.39, 0.29) is 0 Å². The van der Waals surface area contributed by atoms with Crippen LogP contribution in [0.1, 0.15) is 39.0 Å². The van der Waals surface area contributed by atoms with Gasteiger partial charge in [-0.25, -0.2) is 0 Å². The average Bonchev–Trinajstić information content (AvgIpc) is 2.10. The highest BCUT2D eigenvalue weighted by molar-refractivity contribution is 6.32. The Kier molecular flexibility index (Phi) is 10.4. The first-order valence-corrected chi connectivity index (χ1v) is 6.21. The largest absolute Gasteiger partial charge is 0.301 e. The standard InChI is InChI=1S/C10H19OSi/c1-2-3-4-5-6-7-8-9-10-12-11/h7-10H,2-6,12H2,1H3. The van der Waals surface area contributed by atoms with Gasteiger partial charge in [-0.1, -0.05) is 50.1 Å². The molecule has 0 fully saturated rings. The Bertz CT molecular complexity index is 130. The van der Waals surface area contributed by atoms with Crippen LogP contribution in [0.15, 0.2) is 23.9 Å². The smallest absolute Gasteiger partial charge is 0.230 e. The zero-order chi connectivity index (χ0) is 9.07. The minimum absolute atomic E-state index is 1.12. The van der Waals surface area contributed by atoms with Crippen LogP contribution in [-0.4, -0.2) is 9.76 Å². The third kappa shape index (κ3) is 9.66. The van der Waals surface area contributed by atoms with Gasteiger partial charge in [0.25, 0.3) is 0 Å². The number of unbranched alkanes of at least 4 members (excludes halogenated alkanes) is 4. The molecule has 0 N–H and O–H groups in total. The van der Waals surface area contributed by atoms with Gasteiger partial charge in [-0.3, -0.25) is 0 Å². The van der Waals surface area contributed by atoms with E-state index in [4.69, 9.17) is 0 Å². The molecular formula is C10H19OSi. The second kappa shape index (κ2) is 10.7. The second-order valence-electron chi connectivity index (χ2n) is 2.87. The first-order valence-electron chi connectivity index (χ1n) is 4.81. The van der Waals surface area contributed by atoms with Gasteiger partial charge in [0.1, 0.15) is 0 Å². The van der Waals surface area contributed by atoms with E-state index in [2.05, 4.69) is 13.0 Å². The van der Waals surface area contributed by atoms with E-state index in [0.717, 1.165) is 6.42 Å². The summed E-state index contributed by atoms with van der Waals surface area (Å²) in [6, 6.07) is 0. The van der Waals surface area contributed by atoms with Crippen molar-refractivity contribution in [1.29, 1.82) is 0 Å². The van der Waals surface area contributed by atoms with Gasteiger partial charge in [0, 0.05) is 0 Å². The summed E-state index contributed by atoms with van der Waals surface area (Å²) in [6.07, 6.45) is 12.5. The van der Waals surface area contributed by atoms with Crippen LogP contribution in [0.5, 0.6) is 0 Å². The Labute approximate surface area is 78.1 Å². The molecule has 0 rings (SSSR count). The van der Waals surface area contributed by atoms with E-state index in [9.17, 15) is 4.80 Å². The number of hydrogen-bond donors (Lipinski definition) is 0. The molecule has 1 nitrogen and oxygen atoms in total. The van der Waals surface area contributed by atoms with Crippen molar-refractivity contribution in [2.24, 2.45) is 0 Å². The van der Waals surface area contributed by atoms with Crippen LogP contribution in [0.4, 0.5) is 0 Å². The van der Waals surface area contributed by atoms with Gasteiger partial charge in [0.15, 0.2) is 0 Å². The molecule has 0 bridgehead atoms. The fourth-order valence-electron chi connectivity index (χ4n) is 0.998. The predicted octanol–water partition coefficient (Wildman–Crippen LogP) is 2.54. The summed E-state index contributed by atoms with van der Waals surface area (Å²) in [5.41, 5.74) is 1.77. The Morgan fingerprint density at radius 1 is 1.17 bits per heavy atom. The second-order valence-corrected chi connectivity index (χ2v) is 3.68. The molecule has 69 valence electrons. The van der Waals surface area contributed by atoms with Crippen LogP contribution in [0.25, 0.3) is 0 Å². The normalized spacial score (nSPS) is 12.8. The minimum atomic E-state index is -1.12.